The fourth-order valence-corrected chi connectivity index (χ4v) is 2.74. The first-order valence-corrected chi connectivity index (χ1v) is 9.09. The van der Waals surface area contributed by atoms with Crippen molar-refractivity contribution in [3.05, 3.63) is 89.7 Å². The number of aryl methyl sites for hydroxylation is 1. The zero-order valence-electron chi connectivity index (χ0n) is 15.7. The summed E-state index contributed by atoms with van der Waals surface area (Å²) in [5.41, 5.74) is 0.734. The van der Waals surface area contributed by atoms with Gasteiger partial charge in [0.25, 0.3) is 5.91 Å². The summed E-state index contributed by atoms with van der Waals surface area (Å²) in [7, 11) is 0. The number of carbonyl (C=O) groups is 2. The van der Waals surface area contributed by atoms with E-state index in [1.807, 2.05) is 6.07 Å². The van der Waals surface area contributed by atoms with Gasteiger partial charge in [0, 0.05) is 35.8 Å². The van der Waals surface area contributed by atoms with Gasteiger partial charge in [-0.25, -0.2) is 0 Å². The molecule has 30 heavy (non-hydrogen) atoms. The SMILES string of the molecule is O=C(CCc1cccnc1)Nc1cccc(C(=O)Nc2cccc(C(F)(F)F)c2)c1. The summed E-state index contributed by atoms with van der Waals surface area (Å²) in [4.78, 5) is 28.6. The molecule has 0 spiro atoms. The molecule has 0 saturated heterocycles. The van der Waals surface area contributed by atoms with Gasteiger partial charge in [0.1, 0.15) is 0 Å². The van der Waals surface area contributed by atoms with E-state index in [-0.39, 0.29) is 23.6 Å². The molecule has 0 atom stereocenters. The van der Waals surface area contributed by atoms with Gasteiger partial charge in [-0.2, -0.15) is 13.2 Å². The molecule has 0 fully saturated rings. The van der Waals surface area contributed by atoms with E-state index in [1.165, 1.54) is 24.3 Å². The molecule has 2 amide bonds. The summed E-state index contributed by atoms with van der Waals surface area (Å²) in [5, 5.41) is 5.15. The maximum absolute atomic E-state index is 12.8. The summed E-state index contributed by atoms with van der Waals surface area (Å²) in [6.45, 7) is 0. The molecule has 0 unspecified atom stereocenters. The average molecular weight is 413 g/mol. The largest absolute Gasteiger partial charge is 0.416 e. The molecule has 5 nitrogen and oxygen atoms in total. The second-order valence-electron chi connectivity index (χ2n) is 6.52. The van der Waals surface area contributed by atoms with Gasteiger partial charge < -0.3 is 10.6 Å². The Kier molecular flexibility index (Phi) is 6.46. The number of nitrogens with zero attached hydrogens (tertiary/aromatic N) is 1. The van der Waals surface area contributed by atoms with Crippen molar-refractivity contribution in [2.75, 3.05) is 10.6 Å². The smallest absolute Gasteiger partial charge is 0.326 e. The Morgan fingerprint density at radius 3 is 2.33 bits per heavy atom. The Balaban J connectivity index is 1.62. The van der Waals surface area contributed by atoms with Gasteiger partial charge in [0.15, 0.2) is 0 Å². The predicted octanol–water partition coefficient (Wildman–Crippen LogP) is 4.92. The molecule has 0 bridgehead atoms. The first kappa shape index (κ1) is 21.0. The van der Waals surface area contributed by atoms with Gasteiger partial charge in [-0.3, -0.25) is 14.6 Å². The lowest BCUT2D eigenvalue weighted by Gasteiger charge is -2.11. The van der Waals surface area contributed by atoms with Crippen LogP contribution in [0.15, 0.2) is 73.1 Å². The number of alkyl halides is 3. The van der Waals surface area contributed by atoms with Crippen LogP contribution in [0.4, 0.5) is 24.5 Å². The fraction of sp³-hybridized carbons (Fsp3) is 0.136. The third-order valence-electron chi connectivity index (χ3n) is 4.22. The molecule has 2 aromatic carbocycles. The van der Waals surface area contributed by atoms with E-state index < -0.39 is 17.6 Å². The average Bonchev–Trinajstić information content (AvgIpc) is 2.73. The third-order valence-corrected chi connectivity index (χ3v) is 4.22. The second kappa shape index (κ2) is 9.21. The number of rotatable bonds is 6. The molecule has 1 heterocycles. The van der Waals surface area contributed by atoms with Gasteiger partial charge >= 0.3 is 6.18 Å². The number of pyridine rings is 1. The van der Waals surface area contributed by atoms with Crippen LogP contribution >= 0.6 is 0 Å². The van der Waals surface area contributed by atoms with Crippen molar-refractivity contribution in [2.24, 2.45) is 0 Å². The van der Waals surface area contributed by atoms with Crippen LogP contribution < -0.4 is 10.6 Å². The molecule has 154 valence electrons. The number of halogens is 3. The Labute approximate surface area is 171 Å². The van der Waals surface area contributed by atoms with E-state index in [2.05, 4.69) is 15.6 Å². The van der Waals surface area contributed by atoms with E-state index in [0.29, 0.717) is 12.1 Å². The molecule has 0 aliphatic rings. The van der Waals surface area contributed by atoms with E-state index in [1.54, 1.807) is 30.6 Å². The van der Waals surface area contributed by atoms with E-state index >= 15 is 0 Å². The molecule has 0 saturated carbocycles. The molecular weight excluding hydrogens is 395 g/mol. The molecule has 0 aliphatic heterocycles. The quantitative estimate of drug-likeness (QED) is 0.602. The molecule has 1 aromatic heterocycles. The Hall–Kier alpha value is -3.68. The minimum Gasteiger partial charge on any atom is -0.326 e. The van der Waals surface area contributed by atoms with E-state index in [0.717, 1.165) is 17.7 Å². The summed E-state index contributed by atoms with van der Waals surface area (Å²) in [6.07, 6.45) is -0.395. The maximum Gasteiger partial charge on any atom is 0.416 e. The van der Waals surface area contributed by atoms with Crippen LogP contribution in [0.5, 0.6) is 0 Å². The topological polar surface area (TPSA) is 71.1 Å². The van der Waals surface area contributed by atoms with Gasteiger partial charge in [0.05, 0.1) is 5.56 Å². The van der Waals surface area contributed by atoms with E-state index in [4.69, 9.17) is 0 Å². The number of anilines is 2. The van der Waals surface area contributed by atoms with Crippen molar-refractivity contribution >= 4 is 23.2 Å². The molecule has 0 aliphatic carbocycles. The van der Waals surface area contributed by atoms with Gasteiger partial charge in [-0.05, 0) is 54.4 Å². The lowest BCUT2D eigenvalue weighted by Crippen LogP contribution is -2.15. The minimum atomic E-state index is -4.50. The van der Waals surface area contributed by atoms with Crippen molar-refractivity contribution in [2.45, 2.75) is 19.0 Å². The summed E-state index contributed by atoms with van der Waals surface area (Å²) in [6, 6.07) is 14.2. The Bertz CT molecular complexity index is 1040. The first-order chi connectivity index (χ1) is 14.3. The highest BCUT2D eigenvalue weighted by atomic mass is 19.4. The zero-order valence-corrected chi connectivity index (χ0v) is 15.7. The summed E-state index contributed by atoms with van der Waals surface area (Å²) in [5.74, 6) is -0.810. The van der Waals surface area contributed by atoms with Gasteiger partial charge in [-0.1, -0.05) is 18.2 Å². The number of amides is 2. The first-order valence-electron chi connectivity index (χ1n) is 9.09. The molecule has 2 N–H and O–H groups in total. The van der Waals surface area contributed by atoms with Crippen LogP contribution in [0, 0.1) is 0 Å². The van der Waals surface area contributed by atoms with Crippen LogP contribution in [0.1, 0.15) is 27.9 Å². The highest BCUT2D eigenvalue weighted by Crippen LogP contribution is 2.30. The molecular formula is C22H18F3N3O2. The minimum absolute atomic E-state index is 0.0285. The number of carbonyl (C=O) groups excluding carboxylic acids is 2. The lowest BCUT2D eigenvalue weighted by molar-refractivity contribution is -0.137. The normalized spacial score (nSPS) is 11.0. The second-order valence-corrected chi connectivity index (χ2v) is 6.52. The van der Waals surface area contributed by atoms with Crippen LogP contribution in [0.2, 0.25) is 0 Å². The van der Waals surface area contributed by atoms with Crippen molar-refractivity contribution in [3.63, 3.8) is 0 Å². The highest BCUT2D eigenvalue weighted by Gasteiger charge is 2.30. The van der Waals surface area contributed by atoms with Crippen molar-refractivity contribution < 1.29 is 22.8 Å². The van der Waals surface area contributed by atoms with Crippen LogP contribution in [0.25, 0.3) is 0 Å². The number of aromatic nitrogens is 1. The highest BCUT2D eigenvalue weighted by molar-refractivity contribution is 6.05. The third kappa shape index (κ3) is 5.91. The molecule has 0 radical (unpaired) electrons. The lowest BCUT2D eigenvalue weighted by atomic mass is 10.1. The van der Waals surface area contributed by atoms with Crippen LogP contribution in [0.3, 0.4) is 0 Å². The molecule has 8 heteroatoms. The Morgan fingerprint density at radius 1 is 0.900 bits per heavy atom. The number of benzene rings is 2. The van der Waals surface area contributed by atoms with E-state index in [9.17, 15) is 22.8 Å². The van der Waals surface area contributed by atoms with Crippen LogP contribution in [-0.4, -0.2) is 16.8 Å². The van der Waals surface area contributed by atoms with Crippen molar-refractivity contribution in [1.82, 2.24) is 4.98 Å². The number of nitrogens with one attached hydrogen (secondary N) is 2. The Morgan fingerprint density at radius 2 is 1.63 bits per heavy atom. The maximum atomic E-state index is 12.8. The summed E-state index contributed by atoms with van der Waals surface area (Å²) >= 11 is 0. The predicted molar refractivity (Wildman–Crippen MR) is 107 cm³/mol. The molecule has 3 aromatic rings. The van der Waals surface area contributed by atoms with Crippen molar-refractivity contribution in [3.8, 4) is 0 Å². The number of hydrogen-bond acceptors (Lipinski definition) is 3. The van der Waals surface area contributed by atoms with Crippen molar-refractivity contribution in [1.29, 1.82) is 0 Å². The van der Waals surface area contributed by atoms with Gasteiger partial charge in [0.2, 0.25) is 5.91 Å². The summed E-state index contributed by atoms with van der Waals surface area (Å²) < 4.78 is 38.5. The van der Waals surface area contributed by atoms with Crippen LogP contribution in [-0.2, 0) is 17.4 Å². The number of hydrogen-bond donors (Lipinski definition) is 2. The fourth-order valence-electron chi connectivity index (χ4n) is 2.74. The standard InChI is InChI=1S/C22H18F3N3O2/c23-22(24,25)17-6-2-8-19(13-17)28-21(30)16-5-1-7-18(12-16)27-20(29)10-9-15-4-3-11-26-14-15/h1-8,11-14H,9-10H2,(H,27,29)(H,28,30). The monoisotopic (exact) mass is 413 g/mol. The zero-order chi connectivity index (χ0) is 21.6. The molecule has 3 rings (SSSR count). The van der Waals surface area contributed by atoms with Gasteiger partial charge in [-0.15, -0.1) is 0 Å².